The Morgan fingerprint density at radius 2 is 1.12 bits per heavy atom. The first-order chi connectivity index (χ1) is 12.6. The Balaban J connectivity index is 2.09. The molecule has 0 unspecified atom stereocenters. The molecule has 0 N–H and O–H groups in total. The Morgan fingerprint density at radius 1 is 0.654 bits per heavy atom. The van der Waals surface area contributed by atoms with Gasteiger partial charge >= 0.3 is 0 Å². The van der Waals surface area contributed by atoms with Crippen LogP contribution in [0.3, 0.4) is 0 Å². The van der Waals surface area contributed by atoms with E-state index in [4.69, 9.17) is 0 Å². The Morgan fingerprint density at radius 3 is 1.58 bits per heavy atom. The molecule has 26 heavy (non-hydrogen) atoms. The van der Waals surface area contributed by atoms with E-state index in [1.54, 1.807) is 0 Å². The Bertz CT molecular complexity index is 423. The molecule has 0 fully saturated rings. The second kappa shape index (κ2) is 14.3. The molecule has 0 aliphatic rings. The van der Waals surface area contributed by atoms with Gasteiger partial charge in [-0.15, -0.1) is 0 Å². The fourth-order valence-electron chi connectivity index (χ4n) is 4.01. The number of unbranched alkanes of at least 4 members (excludes halogenated alkanes) is 11. The highest BCUT2D eigenvalue weighted by Crippen LogP contribution is 2.27. The molecule has 0 atom stereocenters. The molecule has 1 heteroatoms. The molecule has 0 saturated heterocycles. The topological polar surface area (TPSA) is 3.24 Å². The van der Waals surface area contributed by atoms with Crippen LogP contribution in [-0.2, 0) is 5.54 Å². The van der Waals surface area contributed by atoms with E-state index < -0.39 is 0 Å². The first kappa shape index (κ1) is 23.2. The highest BCUT2D eigenvalue weighted by Gasteiger charge is 2.26. The monoisotopic (exact) mass is 359 g/mol. The summed E-state index contributed by atoms with van der Waals surface area (Å²) in [6, 6.07) is 11.0. The molecule has 0 heterocycles. The Kier molecular flexibility index (Phi) is 12.7. The molecule has 150 valence electrons. The van der Waals surface area contributed by atoms with Crippen LogP contribution in [0.25, 0.3) is 0 Å². The van der Waals surface area contributed by atoms with Gasteiger partial charge in [-0.2, -0.15) is 0 Å². The van der Waals surface area contributed by atoms with Gasteiger partial charge in [-0.3, -0.25) is 4.90 Å². The van der Waals surface area contributed by atoms with Gasteiger partial charge in [0.1, 0.15) is 0 Å². The van der Waals surface area contributed by atoms with E-state index in [9.17, 15) is 0 Å². The summed E-state index contributed by atoms with van der Waals surface area (Å²) in [7, 11) is 0. The minimum absolute atomic E-state index is 0.133. The summed E-state index contributed by atoms with van der Waals surface area (Å²) < 4.78 is 0. The van der Waals surface area contributed by atoms with Gasteiger partial charge in [-0.1, -0.05) is 115 Å². The number of hydrogen-bond donors (Lipinski definition) is 0. The predicted octanol–water partition coefficient (Wildman–Crippen LogP) is 7.94. The van der Waals surface area contributed by atoms with E-state index in [2.05, 4.69) is 62.9 Å². The molecule has 0 amide bonds. The van der Waals surface area contributed by atoms with Gasteiger partial charge in [0.15, 0.2) is 0 Å². The van der Waals surface area contributed by atoms with E-state index in [1.807, 2.05) is 0 Å². The maximum atomic E-state index is 2.64. The lowest BCUT2D eigenvalue weighted by Gasteiger charge is -2.38. The number of hydrogen-bond acceptors (Lipinski definition) is 1. The molecule has 1 aromatic carbocycles. The van der Waals surface area contributed by atoms with Gasteiger partial charge in [-0.25, -0.2) is 0 Å². The van der Waals surface area contributed by atoms with Gasteiger partial charge in [0, 0.05) is 5.54 Å². The fourth-order valence-corrected chi connectivity index (χ4v) is 4.01. The van der Waals surface area contributed by atoms with Crippen LogP contribution in [0.1, 0.15) is 110 Å². The zero-order valence-electron chi connectivity index (χ0n) is 18.2. The van der Waals surface area contributed by atoms with Crippen LogP contribution in [-0.4, -0.2) is 18.0 Å². The summed E-state index contributed by atoms with van der Waals surface area (Å²) in [6.07, 6.45) is 17.1. The van der Waals surface area contributed by atoms with Gasteiger partial charge in [0.25, 0.3) is 0 Å². The Hall–Kier alpha value is -0.820. The van der Waals surface area contributed by atoms with E-state index in [1.165, 1.54) is 89.2 Å². The quantitative estimate of drug-likeness (QED) is 0.271. The first-order valence-corrected chi connectivity index (χ1v) is 11.4. The number of benzene rings is 1. The van der Waals surface area contributed by atoms with Crippen molar-refractivity contribution in [2.24, 2.45) is 0 Å². The summed E-state index contributed by atoms with van der Waals surface area (Å²) in [4.78, 5) is 2.64. The summed E-state index contributed by atoms with van der Waals surface area (Å²) >= 11 is 0. The van der Waals surface area contributed by atoms with Crippen LogP contribution >= 0.6 is 0 Å². The molecule has 0 bridgehead atoms. The van der Waals surface area contributed by atoms with Gasteiger partial charge in [-0.05, 0) is 38.9 Å². The average molecular weight is 360 g/mol. The van der Waals surface area contributed by atoms with Gasteiger partial charge < -0.3 is 0 Å². The summed E-state index contributed by atoms with van der Waals surface area (Å²) in [5.41, 5.74) is 1.56. The maximum absolute atomic E-state index is 2.64. The van der Waals surface area contributed by atoms with Crippen molar-refractivity contribution in [3.63, 3.8) is 0 Å². The second-order valence-electron chi connectivity index (χ2n) is 8.39. The first-order valence-electron chi connectivity index (χ1n) is 11.4. The lowest BCUT2D eigenvalue weighted by molar-refractivity contribution is 0.124. The zero-order valence-corrected chi connectivity index (χ0v) is 18.2. The van der Waals surface area contributed by atoms with Crippen molar-refractivity contribution in [1.82, 2.24) is 4.90 Å². The molecule has 0 aliphatic carbocycles. The average Bonchev–Trinajstić information content (AvgIpc) is 2.66. The van der Waals surface area contributed by atoms with E-state index in [0.717, 1.165) is 6.54 Å². The third-order valence-corrected chi connectivity index (χ3v) is 5.93. The lowest BCUT2D eigenvalue weighted by atomic mass is 9.92. The molecule has 0 aliphatic heterocycles. The molecule has 0 spiro atoms. The van der Waals surface area contributed by atoms with Crippen LogP contribution < -0.4 is 0 Å². The fraction of sp³-hybridized carbons (Fsp3) is 0.760. The molecule has 1 aromatic rings. The van der Waals surface area contributed by atoms with E-state index in [0.29, 0.717) is 0 Å². The summed E-state index contributed by atoms with van der Waals surface area (Å²) in [5.74, 6) is 0. The van der Waals surface area contributed by atoms with Crippen molar-refractivity contribution >= 4 is 0 Å². The molecular weight excluding hydrogens is 314 g/mol. The zero-order chi connectivity index (χ0) is 19.1. The van der Waals surface area contributed by atoms with E-state index >= 15 is 0 Å². The molecule has 0 saturated carbocycles. The third kappa shape index (κ3) is 9.21. The standard InChI is InChI=1S/C25H45N/c1-5-7-8-9-10-11-12-13-14-15-16-20-23-26(6-2)25(3,4)24-21-18-17-19-22-24/h17-19,21-22H,5-16,20,23H2,1-4H3. The lowest BCUT2D eigenvalue weighted by Crippen LogP contribution is -2.42. The highest BCUT2D eigenvalue weighted by atomic mass is 15.2. The van der Waals surface area contributed by atoms with Crippen molar-refractivity contribution in [2.45, 2.75) is 110 Å². The highest BCUT2D eigenvalue weighted by molar-refractivity contribution is 5.22. The van der Waals surface area contributed by atoms with Crippen LogP contribution in [0.5, 0.6) is 0 Å². The minimum Gasteiger partial charge on any atom is -0.294 e. The third-order valence-electron chi connectivity index (χ3n) is 5.93. The second-order valence-corrected chi connectivity index (χ2v) is 8.39. The molecule has 1 nitrogen and oxygen atoms in total. The molecule has 0 radical (unpaired) electrons. The number of rotatable bonds is 16. The minimum atomic E-state index is 0.133. The summed E-state index contributed by atoms with van der Waals surface area (Å²) in [5, 5.41) is 0. The van der Waals surface area contributed by atoms with Crippen LogP contribution in [0.15, 0.2) is 30.3 Å². The van der Waals surface area contributed by atoms with Gasteiger partial charge in [0.2, 0.25) is 0 Å². The summed E-state index contributed by atoms with van der Waals surface area (Å²) in [6.45, 7) is 11.7. The van der Waals surface area contributed by atoms with Crippen LogP contribution in [0.4, 0.5) is 0 Å². The molecule has 1 rings (SSSR count). The molecule has 0 aromatic heterocycles. The normalized spacial score (nSPS) is 12.0. The SMILES string of the molecule is CCCCCCCCCCCCCCN(CC)C(C)(C)c1ccccc1. The van der Waals surface area contributed by atoms with Crippen molar-refractivity contribution in [3.8, 4) is 0 Å². The van der Waals surface area contributed by atoms with Crippen molar-refractivity contribution in [2.75, 3.05) is 13.1 Å². The van der Waals surface area contributed by atoms with Crippen LogP contribution in [0, 0.1) is 0 Å². The van der Waals surface area contributed by atoms with Crippen molar-refractivity contribution in [1.29, 1.82) is 0 Å². The largest absolute Gasteiger partial charge is 0.294 e. The van der Waals surface area contributed by atoms with E-state index in [-0.39, 0.29) is 5.54 Å². The van der Waals surface area contributed by atoms with Crippen molar-refractivity contribution in [3.05, 3.63) is 35.9 Å². The number of nitrogens with zero attached hydrogens (tertiary/aromatic N) is 1. The van der Waals surface area contributed by atoms with Crippen molar-refractivity contribution < 1.29 is 0 Å². The van der Waals surface area contributed by atoms with Gasteiger partial charge in [0.05, 0.1) is 0 Å². The predicted molar refractivity (Wildman–Crippen MR) is 118 cm³/mol. The molecular formula is C25H45N. The maximum Gasteiger partial charge on any atom is 0.0404 e. The van der Waals surface area contributed by atoms with Crippen LogP contribution in [0.2, 0.25) is 0 Å². The Labute approximate surface area is 164 Å². The smallest absolute Gasteiger partial charge is 0.0404 e.